The number of thiazole rings is 1. The smallest absolute Gasteiger partial charge is 0.353 e. The third-order valence-electron chi connectivity index (χ3n) is 5.22. The number of hydrogen-bond acceptors (Lipinski definition) is 11. The lowest BCUT2D eigenvalue weighted by molar-refractivity contribution is -0.150. The number of aliphatic carboxylic acids is 1. The maximum Gasteiger partial charge on any atom is 0.353 e. The van der Waals surface area contributed by atoms with Gasteiger partial charge in [0.15, 0.2) is 10.8 Å². The van der Waals surface area contributed by atoms with Crippen LogP contribution in [-0.2, 0) is 19.1 Å². The van der Waals surface area contributed by atoms with Crippen LogP contribution in [0.25, 0.3) is 0 Å². The van der Waals surface area contributed by atoms with Crippen LogP contribution in [0.3, 0.4) is 0 Å². The third kappa shape index (κ3) is 4.44. The fourth-order valence-corrected chi connectivity index (χ4v) is 6.90. The molecule has 0 radical (unpaired) electrons. The summed E-state index contributed by atoms with van der Waals surface area (Å²) < 4.78 is 5.71. The Hall–Kier alpha value is -2.29. The van der Waals surface area contributed by atoms with Gasteiger partial charge >= 0.3 is 5.97 Å². The van der Waals surface area contributed by atoms with E-state index in [2.05, 4.69) is 15.5 Å². The van der Waals surface area contributed by atoms with Gasteiger partial charge in [0, 0.05) is 28.4 Å². The van der Waals surface area contributed by atoms with Crippen LogP contribution in [0.2, 0.25) is 0 Å². The molecule has 4 heterocycles. The van der Waals surface area contributed by atoms with E-state index >= 15 is 0 Å². The van der Waals surface area contributed by atoms with Crippen molar-refractivity contribution in [3.8, 4) is 0 Å². The second-order valence-electron chi connectivity index (χ2n) is 7.26. The Morgan fingerprint density at radius 2 is 2.25 bits per heavy atom. The van der Waals surface area contributed by atoms with E-state index < -0.39 is 29.2 Å². The molecule has 32 heavy (non-hydrogen) atoms. The molecule has 3 aliphatic heterocycles. The molecule has 2 amide bonds. The average Bonchev–Trinajstić information content (AvgIpc) is 3.22. The highest BCUT2D eigenvalue weighted by molar-refractivity contribution is 8.06. The molecule has 14 heteroatoms. The molecule has 2 saturated heterocycles. The number of carboxylic acid groups (broad SMARTS) is 1. The van der Waals surface area contributed by atoms with Crippen LogP contribution in [0, 0.1) is 0 Å². The van der Waals surface area contributed by atoms with Crippen molar-refractivity contribution in [1.82, 2.24) is 15.2 Å². The second kappa shape index (κ2) is 9.68. The van der Waals surface area contributed by atoms with Crippen molar-refractivity contribution in [2.75, 3.05) is 23.8 Å². The molecule has 0 aromatic carbocycles. The van der Waals surface area contributed by atoms with Gasteiger partial charge < -0.3 is 26.1 Å². The van der Waals surface area contributed by atoms with E-state index in [0.29, 0.717) is 23.0 Å². The number of anilines is 1. The topological polar surface area (TPSA) is 167 Å². The van der Waals surface area contributed by atoms with Gasteiger partial charge in [-0.2, -0.15) is 0 Å². The first-order valence-electron chi connectivity index (χ1n) is 9.80. The number of nitrogens with two attached hydrogens (primary N) is 1. The molecule has 5 N–H and O–H groups in total. The Kier molecular flexibility index (Phi) is 6.93. The van der Waals surface area contributed by atoms with Crippen LogP contribution in [0.5, 0.6) is 0 Å². The Morgan fingerprint density at radius 1 is 1.44 bits per heavy atom. The molecule has 1 aromatic heterocycles. The van der Waals surface area contributed by atoms with Crippen molar-refractivity contribution >= 4 is 63.5 Å². The zero-order valence-corrected chi connectivity index (χ0v) is 19.2. The van der Waals surface area contributed by atoms with Crippen LogP contribution in [0.15, 0.2) is 21.1 Å². The number of β-lactam (4-membered cyclic amide) rings is 1. The predicted molar refractivity (Wildman–Crippen MR) is 121 cm³/mol. The van der Waals surface area contributed by atoms with E-state index in [-0.39, 0.29) is 28.3 Å². The van der Waals surface area contributed by atoms with E-state index in [0.717, 1.165) is 30.6 Å². The van der Waals surface area contributed by atoms with Crippen molar-refractivity contribution in [3.63, 3.8) is 0 Å². The van der Waals surface area contributed by atoms with Crippen molar-refractivity contribution in [2.24, 2.45) is 5.16 Å². The number of ether oxygens (including phenoxy) is 1. The van der Waals surface area contributed by atoms with Gasteiger partial charge in [-0.15, -0.1) is 34.9 Å². The lowest BCUT2D eigenvalue weighted by Crippen LogP contribution is -2.71. The normalized spacial score (nSPS) is 25.9. The van der Waals surface area contributed by atoms with E-state index in [1.165, 1.54) is 33.8 Å². The number of nitrogen functional groups attached to an aromatic ring is 1. The zero-order valence-electron chi connectivity index (χ0n) is 16.7. The highest BCUT2D eigenvalue weighted by Gasteiger charge is 2.54. The number of hydrogen-bond donors (Lipinski definition) is 4. The number of amides is 2. The number of oxime groups is 1. The first-order chi connectivity index (χ1) is 15.4. The lowest BCUT2D eigenvalue weighted by atomic mass is 10.0. The molecule has 2 fully saturated rings. The zero-order chi connectivity index (χ0) is 22.8. The van der Waals surface area contributed by atoms with Gasteiger partial charge in [0.2, 0.25) is 0 Å². The summed E-state index contributed by atoms with van der Waals surface area (Å²) in [5.74, 6) is -1.48. The number of aromatic nitrogens is 1. The predicted octanol–water partition coefficient (Wildman–Crippen LogP) is 0.902. The molecule has 4 rings (SSSR count). The SMILES string of the molecule is Nc1nc(/C(=N/O)C(=O)NC2C(=O)N3C(C(=O)O)=C(SCC4CCCCO4)CSC23)cs1. The fraction of sp³-hybridized carbons (Fsp3) is 0.500. The molecule has 0 saturated carbocycles. The molecular formula is C18H21N5O6S3. The minimum Gasteiger partial charge on any atom is -0.477 e. The first kappa shape index (κ1) is 22.9. The van der Waals surface area contributed by atoms with Gasteiger partial charge in [0.25, 0.3) is 11.8 Å². The van der Waals surface area contributed by atoms with Gasteiger partial charge in [0.05, 0.1) is 6.10 Å². The second-order valence-corrected chi connectivity index (χ2v) is 10.4. The van der Waals surface area contributed by atoms with Crippen molar-refractivity contribution in [3.05, 3.63) is 21.7 Å². The van der Waals surface area contributed by atoms with Gasteiger partial charge in [0.1, 0.15) is 22.8 Å². The largest absolute Gasteiger partial charge is 0.477 e. The molecule has 3 unspecified atom stereocenters. The van der Waals surface area contributed by atoms with E-state index in [1.54, 1.807) is 0 Å². The third-order valence-corrected chi connectivity index (χ3v) is 8.58. The van der Waals surface area contributed by atoms with Crippen LogP contribution < -0.4 is 11.1 Å². The number of fused-ring (bicyclic) bond motifs is 1. The number of nitrogens with zero attached hydrogens (tertiary/aromatic N) is 3. The Balaban J connectivity index is 1.44. The molecular weight excluding hydrogens is 478 g/mol. The highest BCUT2D eigenvalue weighted by Crippen LogP contribution is 2.43. The highest BCUT2D eigenvalue weighted by atomic mass is 32.2. The van der Waals surface area contributed by atoms with Gasteiger partial charge in [-0.25, -0.2) is 9.78 Å². The molecule has 3 atom stereocenters. The fourth-order valence-electron chi connectivity index (χ4n) is 3.65. The molecule has 172 valence electrons. The Morgan fingerprint density at radius 3 is 2.88 bits per heavy atom. The summed E-state index contributed by atoms with van der Waals surface area (Å²) in [6.45, 7) is 0.714. The monoisotopic (exact) mass is 499 g/mol. The maximum atomic E-state index is 12.8. The lowest BCUT2D eigenvalue weighted by Gasteiger charge is -2.49. The molecule has 11 nitrogen and oxygen atoms in total. The van der Waals surface area contributed by atoms with Crippen LogP contribution in [0.1, 0.15) is 25.0 Å². The quantitative estimate of drug-likeness (QED) is 0.183. The van der Waals surface area contributed by atoms with Crippen LogP contribution in [0.4, 0.5) is 5.13 Å². The summed E-state index contributed by atoms with van der Waals surface area (Å²) in [5, 5.41) is 25.6. The van der Waals surface area contributed by atoms with Crippen molar-refractivity contribution in [2.45, 2.75) is 36.8 Å². The summed E-state index contributed by atoms with van der Waals surface area (Å²) in [5.41, 5.74) is 5.22. The summed E-state index contributed by atoms with van der Waals surface area (Å²) in [6.07, 6.45) is 3.14. The summed E-state index contributed by atoms with van der Waals surface area (Å²) >= 11 is 3.85. The van der Waals surface area contributed by atoms with Crippen LogP contribution >= 0.6 is 34.9 Å². The van der Waals surface area contributed by atoms with Gasteiger partial charge in [-0.1, -0.05) is 5.16 Å². The molecule has 3 aliphatic rings. The minimum absolute atomic E-state index is 0.0478. The van der Waals surface area contributed by atoms with E-state index in [4.69, 9.17) is 10.5 Å². The summed E-state index contributed by atoms with van der Waals surface area (Å²) in [6, 6.07) is -0.942. The Labute approximate surface area is 195 Å². The van der Waals surface area contributed by atoms with E-state index in [1.807, 2.05) is 0 Å². The maximum absolute atomic E-state index is 12.8. The molecule has 0 bridgehead atoms. The number of carboxylic acids is 1. The standard InChI is InChI=1S/C18H21N5O6S3/c19-18-20-9(6-32-18)11(22-28)14(24)21-12-15(25)23-13(17(26)27)10(7-31-16(12)23)30-5-8-3-1-2-4-29-8/h6,8,12,16,28H,1-5,7H2,(H2,19,20)(H,21,24)(H,26,27)/b22-11-. The molecule has 1 aromatic rings. The first-order valence-corrected chi connectivity index (χ1v) is 12.7. The number of carbonyl (C=O) groups excluding carboxylic acids is 2. The molecule has 0 aliphatic carbocycles. The summed E-state index contributed by atoms with van der Waals surface area (Å²) in [4.78, 5) is 43.0. The van der Waals surface area contributed by atoms with Gasteiger partial charge in [-0.3, -0.25) is 14.5 Å². The molecule has 0 spiro atoms. The van der Waals surface area contributed by atoms with Crippen molar-refractivity contribution in [1.29, 1.82) is 0 Å². The average molecular weight is 500 g/mol. The van der Waals surface area contributed by atoms with Crippen molar-refractivity contribution < 1.29 is 29.4 Å². The summed E-state index contributed by atoms with van der Waals surface area (Å²) in [7, 11) is 0. The minimum atomic E-state index is -1.18. The van der Waals surface area contributed by atoms with Crippen LogP contribution in [-0.4, -0.2) is 79.3 Å². The number of carbonyl (C=O) groups is 3. The number of thioether (sulfide) groups is 2. The number of rotatable bonds is 7. The van der Waals surface area contributed by atoms with Gasteiger partial charge in [-0.05, 0) is 19.3 Å². The number of nitrogens with one attached hydrogen (secondary N) is 1. The van der Waals surface area contributed by atoms with E-state index in [9.17, 15) is 24.7 Å². The Bertz CT molecular complexity index is 990.